The molecule has 2 N–H and O–H groups in total. The minimum atomic E-state index is -0.441. The summed E-state index contributed by atoms with van der Waals surface area (Å²) in [7, 11) is 0. The van der Waals surface area contributed by atoms with Gasteiger partial charge < -0.3 is 9.84 Å². The summed E-state index contributed by atoms with van der Waals surface area (Å²) in [6.45, 7) is 0.639. The largest absolute Gasteiger partial charge is 0.355 e. The molecule has 0 fully saturated rings. The highest BCUT2D eigenvalue weighted by atomic mass is 32.1. The first-order valence-corrected chi connectivity index (χ1v) is 8.49. The fourth-order valence-corrected chi connectivity index (χ4v) is 3.40. The number of carbonyl (C=O) groups is 2. The first-order valence-electron chi connectivity index (χ1n) is 7.67. The SMILES string of the molecule is O=C(Nc1nc2c(s1)C(=O)NCCC2)c1cc(-c2cccnc2)on1. The monoisotopic (exact) mass is 355 g/mol. The van der Waals surface area contributed by atoms with Crippen molar-refractivity contribution in [2.75, 3.05) is 11.9 Å². The normalized spacial score (nSPS) is 13.7. The zero-order chi connectivity index (χ0) is 17.2. The molecule has 3 aromatic heterocycles. The molecule has 8 nitrogen and oxygen atoms in total. The fourth-order valence-electron chi connectivity index (χ4n) is 2.48. The molecule has 0 atom stereocenters. The number of aromatic nitrogens is 3. The molecule has 2 amide bonds. The molecule has 0 radical (unpaired) electrons. The molecule has 0 saturated carbocycles. The van der Waals surface area contributed by atoms with Gasteiger partial charge in [0.05, 0.1) is 5.69 Å². The first kappa shape index (κ1) is 15.5. The van der Waals surface area contributed by atoms with E-state index in [0.29, 0.717) is 34.4 Å². The van der Waals surface area contributed by atoms with Crippen LogP contribution in [0.5, 0.6) is 0 Å². The number of aryl methyl sites for hydroxylation is 1. The molecular formula is C16H13N5O3S. The molecule has 25 heavy (non-hydrogen) atoms. The number of nitrogens with zero attached hydrogens (tertiary/aromatic N) is 3. The van der Waals surface area contributed by atoms with E-state index >= 15 is 0 Å². The minimum absolute atomic E-state index is 0.133. The van der Waals surface area contributed by atoms with Crippen LogP contribution in [0.15, 0.2) is 35.1 Å². The molecule has 1 aliphatic rings. The maximum atomic E-state index is 12.3. The number of fused-ring (bicyclic) bond motifs is 1. The Morgan fingerprint density at radius 2 is 2.32 bits per heavy atom. The maximum absolute atomic E-state index is 12.3. The zero-order valence-corrected chi connectivity index (χ0v) is 13.8. The van der Waals surface area contributed by atoms with E-state index in [1.54, 1.807) is 18.5 Å². The number of hydrogen-bond donors (Lipinski definition) is 2. The Morgan fingerprint density at radius 3 is 3.16 bits per heavy atom. The molecule has 0 bridgehead atoms. The molecule has 0 aliphatic carbocycles. The third-order valence-electron chi connectivity index (χ3n) is 3.69. The molecule has 3 aromatic rings. The summed E-state index contributed by atoms with van der Waals surface area (Å²) >= 11 is 1.16. The van der Waals surface area contributed by atoms with E-state index < -0.39 is 5.91 Å². The van der Waals surface area contributed by atoms with Crippen molar-refractivity contribution in [3.63, 3.8) is 0 Å². The summed E-state index contributed by atoms with van der Waals surface area (Å²) in [5, 5.41) is 9.63. The van der Waals surface area contributed by atoms with Crippen LogP contribution in [0.2, 0.25) is 0 Å². The molecular weight excluding hydrogens is 342 g/mol. The van der Waals surface area contributed by atoms with Crippen LogP contribution in [-0.2, 0) is 6.42 Å². The van der Waals surface area contributed by atoms with Crippen LogP contribution in [-0.4, -0.2) is 33.5 Å². The van der Waals surface area contributed by atoms with Gasteiger partial charge in [-0.05, 0) is 25.0 Å². The van der Waals surface area contributed by atoms with Gasteiger partial charge in [0.25, 0.3) is 11.8 Å². The lowest BCUT2D eigenvalue weighted by Crippen LogP contribution is -2.21. The maximum Gasteiger partial charge on any atom is 0.279 e. The van der Waals surface area contributed by atoms with E-state index in [-0.39, 0.29) is 11.6 Å². The van der Waals surface area contributed by atoms with Gasteiger partial charge in [-0.1, -0.05) is 16.5 Å². The van der Waals surface area contributed by atoms with Crippen LogP contribution in [0.4, 0.5) is 5.13 Å². The van der Waals surface area contributed by atoms with Gasteiger partial charge in [-0.15, -0.1) is 0 Å². The van der Waals surface area contributed by atoms with Gasteiger partial charge in [-0.2, -0.15) is 0 Å². The van der Waals surface area contributed by atoms with Crippen LogP contribution >= 0.6 is 11.3 Å². The summed E-state index contributed by atoms with van der Waals surface area (Å²) in [5.41, 5.74) is 1.58. The lowest BCUT2D eigenvalue weighted by molar-refractivity contribution is 0.0958. The highest BCUT2D eigenvalue weighted by molar-refractivity contribution is 7.17. The van der Waals surface area contributed by atoms with E-state index in [2.05, 4.69) is 25.8 Å². The Hall–Kier alpha value is -3.07. The van der Waals surface area contributed by atoms with Gasteiger partial charge in [0.1, 0.15) is 4.88 Å². The van der Waals surface area contributed by atoms with Crippen LogP contribution < -0.4 is 10.6 Å². The number of rotatable bonds is 3. The molecule has 1 aliphatic heterocycles. The van der Waals surface area contributed by atoms with E-state index in [1.807, 2.05) is 6.07 Å². The second-order valence-corrected chi connectivity index (χ2v) is 6.43. The highest BCUT2D eigenvalue weighted by Gasteiger charge is 2.22. The average molecular weight is 355 g/mol. The summed E-state index contributed by atoms with van der Waals surface area (Å²) in [6, 6.07) is 5.12. The van der Waals surface area contributed by atoms with Crippen molar-refractivity contribution < 1.29 is 14.1 Å². The lowest BCUT2D eigenvalue weighted by atomic mass is 10.2. The summed E-state index contributed by atoms with van der Waals surface area (Å²) in [5.74, 6) is -0.137. The van der Waals surface area contributed by atoms with Crippen LogP contribution in [0.1, 0.15) is 32.3 Å². The number of anilines is 1. The minimum Gasteiger partial charge on any atom is -0.355 e. The van der Waals surface area contributed by atoms with Gasteiger partial charge in [0, 0.05) is 30.6 Å². The van der Waals surface area contributed by atoms with Crippen molar-refractivity contribution in [1.29, 1.82) is 0 Å². The molecule has 0 aromatic carbocycles. The Morgan fingerprint density at radius 1 is 1.40 bits per heavy atom. The van der Waals surface area contributed by atoms with Gasteiger partial charge in [0.2, 0.25) is 0 Å². The standard InChI is InChI=1S/C16H13N5O3S/c22-14(11-7-12(24-21-11)9-3-1-5-17-8-9)20-16-19-10-4-2-6-18-15(23)13(10)25-16/h1,3,5,7-8H,2,4,6H2,(H,18,23)(H,19,20,22). The molecule has 126 valence electrons. The van der Waals surface area contributed by atoms with Crippen molar-refractivity contribution in [1.82, 2.24) is 20.4 Å². The zero-order valence-electron chi connectivity index (χ0n) is 13.0. The van der Waals surface area contributed by atoms with E-state index in [1.165, 1.54) is 6.07 Å². The van der Waals surface area contributed by atoms with Gasteiger partial charge >= 0.3 is 0 Å². The van der Waals surface area contributed by atoms with E-state index in [9.17, 15) is 9.59 Å². The Labute approximate surface area is 146 Å². The van der Waals surface area contributed by atoms with Crippen LogP contribution in [0.25, 0.3) is 11.3 Å². The third kappa shape index (κ3) is 3.13. The molecule has 9 heteroatoms. The van der Waals surface area contributed by atoms with Gasteiger partial charge in [0.15, 0.2) is 16.6 Å². The Kier molecular flexibility index (Phi) is 3.98. The van der Waals surface area contributed by atoms with Crippen molar-refractivity contribution in [3.05, 3.63) is 46.9 Å². The number of amides is 2. The smallest absolute Gasteiger partial charge is 0.279 e. The lowest BCUT2D eigenvalue weighted by Gasteiger charge is -1.98. The van der Waals surface area contributed by atoms with Crippen LogP contribution in [0, 0.1) is 0 Å². The second kappa shape index (κ2) is 6.44. The van der Waals surface area contributed by atoms with Crippen molar-refractivity contribution in [2.24, 2.45) is 0 Å². The van der Waals surface area contributed by atoms with Crippen molar-refractivity contribution >= 4 is 28.3 Å². The number of carbonyl (C=O) groups excluding carboxylic acids is 2. The average Bonchev–Trinajstić information content (AvgIpc) is 3.23. The number of pyridine rings is 1. The Bertz CT molecular complexity index is 934. The molecule has 4 rings (SSSR count). The topological polar surface area (TPSA) is 110 Å². The van der Waals surface area contributed by atoms with Crippen LogP contribution in [0.3, 0.4) is 0 Å². The quantitative estimate of drug-likeness (QED) is 0.745. The van der Waals surface area contributed by atoms with E-state index in [0.717, 1.165) is 23.3 Å². The third-order valence-corrected chi connectivity index (χ3v) is 4.70. The molecule has 4 heterocycles. The number of thiazole rings is 1. The predicted octanol–water partition coefficient (Wildman–Crippen LogP) is 2.12. The highest BCUT2D eigenvalue weighted by Crippen LogP contribution is 2.26. The van der Waals surface area contributed by atoms with Crippen molar-refractivity contribution in [3.8, 4) is 11.3 Å². The fraction of sp³-hybridized carbons (Fsp3) is 0.188. The second-order valence-electron chi connectivity index (χ2n) is 5.43. The summed E-state index contributed by atoms with van der Waals surface area (Å²) < 4.78 is 5.19. The molecule has 0 unspecified atom stereocenters. The van der Waals surface area contributed by atoms with Crippen molar-refractivity contribution in [2.45, 2.75) is 12.8 Å². The number of hydrogen-bond acceptors (Lipinski definition) is 7. The molecule has 0 saturated heterocycles. The molecule has 0 spiro atoms. The predicted molar refractivity (Wildman–Crippen MR) is 90.5 cm³/mol. The first-order chi connectivity index (χ1) is 12.2. The van der Waals surface area contributed by atoms with Gasteiger partial charge in [-0.25, -0.2) is 4.98 Å². The number of nitrogens with one attached hydrogen (secondary N) is 2. The summed E-state index contributed by atoms with van der Waals surface area (Å²) in [4.78, 5) is 33.2. The Balaban J connectivity index is 1.52. The van der Waals surface area contributed by atoms with E-state index in [4.69, 9.17) is 4.52 Å². The van der Waals surface area contributed by atoms with Gasteiger partial charge in [-0.3, -0.25) is 19.9 Å². The summed E-state index contributed by atoms with van der Waals surface area (Å²) in [6.07, 6.45) is 4.80.